The molecule has 0 fully saturated rings. The summed E-state index contributed by atoms with van der Waals surface area (Å²) in [5, 5.41) is 2.62. The summed E-state index contributed by atoms with van der Waals surface area (Å²) < 4.78 is 10.4. The van der Waals surface area contributed by atoms with Crippen LogP contribution in [0.4, 0.5) is 0 Å². The molecule has 0 unspecified atom stereocenters. The predicted octanol–water partition coefficient (Wildman–Crippen LogP) is 1.75. The summed E-state index contributed by atoms with van der Waals surface area (Å²) in [6, 6.07) is 5.10. The molecule has 0 atom stereocenters. The minimum atomic E-state index is -0.363. The summed E-state index contributed by atoms with van der Waals surface area (Å²) in [5.74, 6) is -0.179. The number of carbonyl (C=O) groups excluding carboxylic acids is 2. The van der Waals surface area contributed by atoms with Crippen LogP contribution in [0, 0.1) is 0 Å². The van der Waals surface area contributed by atoms with Gasteiger partial charge in [-0.1, -0.05) is 15.9 Å². The van der Waals surface area contributed by atoms with Crippen LogP contribution in [0.15, 0.2) is 22.7 Å². The monoisotopic (exact) mass is 315 g/mol. The van der Waals surface area contributed by atoms with Crippen molar-refractivity contribution in [3.05, 3.63) is 28.2 Å². The van der Waals surface area contributed by atoms with Crippen LogP contribution in [0.1, 0.15) is 16.8 Å². The van der Waals surface area contributed by atoms with Crippen molar-refractivity contribution < 1.29 is 19.1 Å². The van der Waals surface area contributed by atoms with Gasteiger partial charge in [-0.3, -0.25) is 9.59 Å². The standard InChI is InChI=1S/C12H14BrNO4/c1-17-10-7-8(13)3-4-9(10)12(16)14-6-5-11(15)18-2/h3-4,7H,5-6H2,1-2H3,(H,14,16). The van der Waals surface area contributed by atoms with Crippen molar-refractivity contribution in [1.29, 1.82) is 0 Å². The molecule has 5 nitrogen and oxygen atoms in total. The second-order valence-electron chi connectivity index (χ2n) is 3.43. The average Bonchev–Trinajstić information content (AvgIpc) is 2.37. The van der Waals surface area contributed by atoms with Crippen molar-refractivity contribution in [1.82, 2.24) is 5.32 Å². The molecular weight excluding hydrogens is 302 g/mol. The van der Waals surface area contributed by atoms with E-state index >= 15 is 0 Å². The van der Waals surface area contributed by atoms with Crippen LogP contribution < -0.4 is 10.1 Å². The lowest BCUT2D eigenvalue weighted by Crippen LogP contribution is -2.26. The highest BCUT2D eigenvalue weighted by molar-refractivity contribution is 9.10. The Labute approximate surface area is 114 Å². The fourth-order valence-electron chi connectivity index (χ4n) is 1.33. The lowest BCUT2D eigenvalue weighted by molar-refractivity contribution is -0.140. The first-order valence-corrected chi connectivity index (χ1v) is 6.06. The van der Waals surface area contributed by atoms with E-state index in [-0.39, 0.29) is 24.8 Å². The minimum Gasteiger partial charge on any atom is -0.496 e. The lowest BCUT2D eigenvalue weighted by Gasteiger charge is -2.09. The van der Waals surface area contributed by atoms with E-state index in [9.17, 15) is 9.59 Å². The highest BCUT2D eigenvalue weighted by Gasteiger charge is 2.12. The fourth-order valence-corrected chi connectivity index (χ4v) is 1.67. The number of ether oxygens (including phenoxy) is 2. The van der Waals surface area contributed by atoms with E-state index in [4.69, 9.17) is 4.74 Å². The molecule has 0 bridgehead atoms. The molecule has 0 saturated carbocycles. The van der Waals surface area contributed by atoms with Gasteiger partial charge in [0.2, 0.25) is 0 Å². The number of rotatable bonds is 5. The molecule has 18 heavy (non-hydrogen) atoms. The van der Waals surface area contributed by atoms with Crippen molar-refractivity contribution in [2.45, 2.75) is 6.42 Å². The molecule has 0 radical (unpaired) electrons. The molecule has 1 aromatic carbocycles. The van der Waals surface area contributed by atoms with Gasteiger partial charge in [-0.25, -0.2) is 0 Å². The summed E-state index contributed by atoms with van der Waals surface area (Å²) in [5.41, 5.74) is 0.422. The Morgan fingerprint density at radius 3 is 2.67 bits per heavy atom. The van der Waals surface area contributed by atoms with E-state index in [0.717, 1.165) is 4.47 Å². The van der Waals surface area contributed by atoms with E-state index in [0.29, 0.717) is 11.3 Å². The molecule has 0 aromatic heterocycles. The predicted molar refractivity (Wildman–Crippen MR) is 69.7 cm³/mol. The maximum atomic E-state index is 11.8. The Hall–Kier alpha value is -1.56. The van der Waals surface area contributed by atoms with Crippen LogP contribution in [0.2, 0.25) is 0 Å². The summed E-state index contributed by atoms with van der Waals surface area (Å²) >= 11 is 3.29. The number of methoxy groups -OCH3 is 2. The maximum absolute atomic E-state index is 11.8. The SMILES string of the molecule is COC(=O)CCNC(=O)c1ccc(Br)cc1OC. The van der Waals surface area contributed by atoms with E-state index in [1.807, 2.05) is 0 Å². The van der Waals surface area contributed by atoms with Crippen LogP contribution in [-0.4, -0.2) is 32.6 Å². The number of halogens is 1. The van der Waals surface area contributed by atoms with Crippen molar-refractivity contribution in [2.75, 3.05) is 20.8 Å². The molecule has 1 aromatic rings. The van der Waals surface area contributed by atoms with Crippen molar-refractivity contribution in [3.8, 4) is 5.75 Å². The first kappa shape index (κ1) is 14.5. The zero-order chi connectivity index (χ0) is 13.5. The summed E-state index contributed by atoms with van der Waals surface area (Å²) in [6.45, 7) is 0.227. The van der Waals surface area contributed by atoms with Crippen molar-refractivity contribution >= 4 is 27.8 Å². The molecule has 0 aliphatic carbocycles. The summed E-state index contributed by atoms with van der Waals surface area (Å²) in [4.78, 5) is 22.7. The third-order valence-electron chi connectivity index (χ3n) is 2.25. The smallest absolute Gasteiger partial charge is 0.307 e. The molecule has 0 saturated heterocycles. The second-order valence-corrected chi connectivity index (χ2v) is 4.34. The molecule has 1 rings (SSSR count). The Morgan fingerprint density at radius 2 is 2.06 bits per heavy atom. The van der Waals surface area contributed by atoms with Crippen LogP contribution in [0.3, 0.4) is 0 Å². The number of hydrogen-bond donors (Lipinski definition) is 1. The van der Waals surface area contributed by atoms with Crippen LogP contribution in [-0.2, 0) is 9.53 Å². The van der Waals surface area contributed by atoms with E-state index in [1.165, 1.54) is 14.2 Å². The van der Waals surface area contributed by atoms with Crippen LogP contribution >= 0.6 is 15.9 Å². The molecule has 0 spiro atoms. The first-order chi connectivity index (χ1) is 8.58. The van der Waals surface area contributed by atoms with E-state index in [1.54, 1.807) is 18.2 Å². The van der Waals surface area contributed by atoms with E-state index in [2.05, 4.69) is 26.0 Å². The molecule has 98 valence electrons. The molecule has 0 aliphatic heterocycles. The zero-order valence-electron chi connectivity index (χ0n) is 10.2. The summed E-state index contributed by atoms with van der Waals surface area (Å²) in [6.07, 6.45) is 0.140. The minimum absolute atomic E-state index is 0.140. The average molecular weight is 316 g/mol. The molecule has 0 aliphatic rings. The zero-order valence-corrected chi connectivity index (χ0v) is 11.7. The van der Waals surface area contributed by atoms with Gasteiger partial charge in [0.25, 0.3) is 5.91 Å². The highest BCUT2D eigenvalue weighted by Crippen LogP contribution is 2.23. The second kappa shape index (κ2) is 7.00. The van der Waals surface area contributed by atoms with Gasteiger partial charge in [0.15, 0.2) is 0 Å². The Balaban J connectivity index is 2.64. The molecule has 1 amide bonds. The number of benzene rings is 1. The van der Waals surface area contributed by atoms with Crippen LogP contribution in [0.5, 0.6) is 5.75 Å². The summed E-state index contributed by atoms with van der Waals surface area (Å²) in [7, 11) is 2.80. The third kappa shape index (κ3) is 4.03. The molecular formula is C12H14BrNO4. The van der Waals surface area contributed by atoms with Gasteiger partial charge in [0, 0.05) is 11.0 Å². The Morgan fingerprint density at radius 1 is 1.33 bits per heavy atom. The number of esters is 1. The van der Waals surface area contributed by atoms with Gasteiger partial charge in [-0.05, 0) is 18.2 Å². The number of hydrogen-bond acceptors (Lipinski definition) is 4. The largest absolute Gasteiger partial charge is 0.496 e. The Kier molecular flexibility index (Phi) is 5.64. The third-order valence-corrected chi connectivity index (χ3v) is 2.74. The molecule has 1 N–H and O–H groups in total. The molecule has 0 heterocycles. The van der Waals surface area contributed by atoms with Gasteiger partial charge >= 0.3 is 5.97 Å². The number of nitrogens with one attached hydrogen (secondary N) is 1. The molecule has 6 heteroatoms. The maximum Gasteiger partial charge on any atom is 0.307 e. The van der Waals surface area contributed by atoms with Crippen LogP contribution in [0.25, 0.3) is 0 Å². The topological polar surface area (TPSA) is 64.6 Å². The normalized spacial score (nSPS) is 9.72. The first-order valence-electron chi connectivity index (χ1n) is 5.27. The quantitative estimate of drug-likeness (QED) is 0.841. The highest BCUT2D eigenvalue weighted by atomic mass is 79.9. The number of carbonyl (C=O) groups is 2. The van der Waals surface area contributed by atoms with Crippen molar-refractivity contribution in [2.24, 2.45) is 0 Å². The van der Waals surface area contributed by atoms with Crippen molar-refractivity contribution in [3.63, 3.8) is 0 Å². The fraction of sp³-hybridized carbons (Fsp3) is 0.333. The lowest BCUT2D eigenvalue weighted by atomic mass is 10.2. The van der Waals surface area contributed by atoms with E-state index < -0.39 is 0 Å². The van der Waals surface area contributed by atoms with Gasteiger partial charge in [-0.15, -0.1) is 0 Å². The van der Waals surface area contributed by atoms with Gasteiger partial charge in [0.1, 0.15) is 5.75 Å². The van der Waals surface area contributed by atoms with Gasteiger partial charge in [0.05, 0.1) is 26.2 Å². The Bertz CT molecular complexity index is 448. The van der Waals surface area contributed by atoms with Gasteiger partial charge < -0.3 is 14.8 Å². The van der Waals surface area contributed by atoms with Gasteiger partial charge in [-0.2, -0.15) is 0 Å². The number of amides is 1.